The number of halogens is 1. The van der Waals surface area contributed by atoms with Gasteiger partial charge in [-0.1, -0.05) is 18.2 Å². The van der Waals surface area contributed by atoms with E-state index in [0.717, 1.165) is 36.2 Å². The summed E-state index contributed by atoms with van der Waals surface area (Å²) < 4.78 is 6.12. The van der Waals surface area contributed by atoms with Crippen molar-refractivity contribution >= 4 is 26.8 Å². The molecule has 0 radical (unpaired) electrons. The number of fused-ring (bicyclic) bond motifs is 1. The average molecular weight is 293 g/mol. The number of benzene rings is 1. The fourth-order valence-electron chi connectivity index (χ4n) is 2.35. The van der Waals surface area contributed by atoms with Crippen molar-refractivity contribution in [3.05, 3.63) is 34.2 Å². The van der Waals surface area contributed by atoms with E-state index in [4.69, 9.17) is 4.74 Å². The molecule has 1 unspecified atom stereocenters. The first-order chi connectivity index (χ1) is 8.25. The molecule has 17 heavy (non-hydrogen) atoms. The standard InChI is InChI=1S/C13H13BrN2O/c1-8-3-2-4-10-11(8)15-13(14)16-12(10)9-5-6-17-7-9/h2-4,9H,5-7H2,1H3. The number of para-hydroxylation sites is 1. The highest BCUT2D eigenvalue weighted by atomic mass is 79.9. The lowest BCUT2D eigenvalue weighted by molar-refractivity contribution is 0.193. The van der Waals surface area contributed by atoms with E-state index in [1.54, 1.807) is 0 Å². The van der Waals surface area contributed by atoms with Gasteiger partial charge in [0.25, 0.3) is 0 Å². The van der Waals surface area contributed by atoms with Gasteiger partial charge in [0.1, 0.15) is 0 Å². The van der Waals surface area contributed by atoms with Crippen molar-refractivity contribution in [3.8, 4) is 0 Å². The molecular weight excluding hydrogens is 280 g/mol. The molecule has 3 nitrogen and oxygen atoms in total. The van der Waals surface area contributed by atoms with Crippen LogP contribution in [0.2, 0.25) is 0 Å². The number of ether oxygens (including phenoxy) is 1. The van der Waals surface area contributed by atoms with Crippen molar-refractivity contribution in [1.29, 1.82) is 0 Å². The highest BCUT2D eigenvalue weighted by Crippen LogP contribution is 2.31. The van der Waals surface area contributed by atoms with E-state index in [0.29, 0.717) is 10.7 Å². The van der Waals surface area contributed by atoms with Gasteiger partial charge in [-0.3, -0.25) is 0 Å². The second-order valence-electron chi connectivity index (χ2n) is 4.41. The van der Waals surface area contributed by atoms with Gasteiger partial charge in [0.05, 0.1) is 17.8 Å². The summed E-state index contributed by atoms with van der Waals surface area (Å²) in [6.07, 6.45) is 1.05. The van der Waals surface area contributed by atoms with Gasteiger partial charge in [-0.25, -0.2) is 9.97 Å². The topological polar surface area (TPSA) is 35.0 Å². The molecule has 1 aliphatic heterocycles. The minimum atomic E-state index is 0.401. The van der Waals surface area contributed by atoms with Gasteiger partial charge >= 0.3 is 0 Å². The number of hydrogen-bond donors (Lipinski definition) is 0. The molecule has 0 saturated carbocycles. The maximum absolute atomic E-state index is 5.45. The molecule has 1 fully saturated rings. The Labute approximate surface area is 108 Å². The Hall–Kier alpha value is -1.000. The van der Waals surface area contributed by atoms with E-state index in [-0.39, 0.29) is 0 Å². The first kappa shape index (κ1) is 11.1. The summed E-state index contributed by atoms with van der Waals surface area (Å²) in [7, 11) is 0. The van der Waals surface area contributed by atoms with Crippen LogP contribution in [-0.2, 0) is 4.74 Å². The van der Waals surface area contributed by atoms with Crippen LogP contribution in [0.25, 0.3) is 10.9 Å². The fourth-order valence-corrected chi connectivity index (χ4v) is 2.72. The third-order valence-electron chi connectivity index (χ3n) is 3.25. The Bertz CT molecular complexity index is 565. The van der Waals surface area contributed by atoms with Crippen molar-refractivity contribution in [2.24, 2.45) is 0 Å². The summed E-state index contributed by atoms with van der Waals surface area (Å²) in [6, 6.07) is 6.24. The van der Waals surface area contributed by atoms with Crippen molar-refractivity contribution in [3.63, 3.8) is 0 Å². The van der Waals surface area contributed by atoms with Crippen LogP contribution in [0.1, 0.15) is 23.6 Å². The molecule has 2 aromatic rings. The summed E-state index contributed by atoms with van der Waals surface area (Å²) in [5.41, 5.74) is 3.34. The summed E-state index contributed by atoms with van der Waals surface area (Å²) in [4.78, 5) is 9.02. The van der Waals surface area contributed by atoms with Gasteiger partial charge in [0.2, 0.25) is 0 Å². The van der Waals surface area contributed by atoms with Crippen LogP contribution in [0.3, 0.4) is 0 Å². The van der Waals surface area contributed by atoms with E-state index in [1.807, 2.05) is 0 Å². The average Bonchev–Trinajstić information content (AvgIpc) is 2.83. The Balaban J connectivity index is 2.25. The van der Waals surface area contributed by atoms with Crippen LogP contribution in [0, 0.1) is 6.92 Å². The van der Waals surface area contributed by atoms with E-state index in [1.165, 1.54) is 5.56 Å². The fraction of sp³-hybridized carbons (Fsp3) is 0.385. The molecule has 1 saturated heterocycles. The first-order valence-corrected chi connectivity index (χ1v) is 6.55. The number of nitrogens with zero attached hydrogens (tertiary/aromatic N) is 2. The zero-order valence-corrected chi connectivity index (χ0v) is 11.2. The summed E-state index contributed by atoms with van der Waals surface area (Å²) >= 11 is 3.40. The molecule has 1 atom stereocenters. The quantitative estimate of drug-likeness (QED) is 0.757. The van der Waals surface area contributed by atoms with Gasteiger partial charge in [0, 0.05) is 17.9 Å². The third-order valence-corrected chi connectivity index (χ3v) is 3.60. The Kier molecular flexibility index (Phi) is 2.84. The maximum Gasteiger partial charge on any atom is 0.197 e. The van der Waals surface area contributed by atoms with Crippen molar-refractivity contribution < 1.29 is 4.74 Å². The Morgan fingerprint density at radius 1 is 1.35 bits per heavy atom. The molecule has 88 valence electrons. The molecule has 1 aliphatic rings. The van der Waals surface area contributed by atoms with Crippen LogP contribution in [0.15, 0.2) is 22.9 Å². The minimum Gasteiger partial charge on any atom is -0.381 e. The maximum atomic E-state index is 5.45. The molecular formula is C13H13BrN2O. The van der Waals surface area contributed by atoms with E-state index < -0.39 is 0 Å². The SMILES string of the molecule is Cc1cccc2c(C3CCOC3)nc(Br)nc12. The second kappa shape index (κ2) is 4.35. The predicted molar refractivity (Wildman–Crippen MR) is 70.2 cm³/mol. The number of aromatic nitrogens is 2. The van der Waals surface area contributed by atoms with Crippen LogP contribution in [0.4, 0.5) is 0 Å². The zero-order valence-electron chi connectivity index (χ0n) is 9.61. The molecule has 0 spiro atoms. The highest BCUT2D eigenvalue weighted by Gasteiger charge is 2.22. The zero-order chi connectivity index (χ0) is 11.8. The van der Waals surface area contributed by atoms with Crippen LogP contribution in [-0.4, -0.2) is 23.2 Å². The molecule has 3 rings (SSSR count). The normalized spacial score (nSPS) is 20.0. The highest BCUT2D eigenvalue weighted by molar-refractivity contribution is 9.10. The lowest BCUT2D eigenvalue weighted by Gasteiger charge is -2.12. The second-order valence-corrected chi connectivity index (χ2v) is 5.12. The number of aryl methyl sites for hydroxylation is 1. The van der Waals surface area contributed by atoms with Gasteiger partial charge in [-0.05, 0) is 34.8 Å². The Morgan fingerprint density at radius 2 is 2.24 bits per heavy atom. The van der Waals surface area contributed by atoms with Gasteiger partial charge in [-0.15, -0.1) is 0 Å². The lowest BCUT2D eigenvalue weighted by Crippen LogP contribution is -2.04. The van der Waals surface area contributed by atoms with E-state index in [2.05, 4.69) is 51.0 Å². The van der Waals surface area contributed by atoms with Gasteiger partial charge in [-0.2, -0.15) is 0 Å². The summed E-state index contributed by atoms with van der Waals surface area (Å²) in [5.74, 6) is 0.401. The number of hydrogen-bond acceptors (Lipinski definition) is 3. The van der Waals surface area contributed by atoms with Crippen molar-refractivity contribution in [2.75, 3.05) is 13.2 Å². The van der Waals surface area contributed by atoms with Gasteiger partial charge in [0.15, 0.2) is 4.73 Å². The minimum absolute atomic E-state index is 0.401. The monoisotopic (exact) mass is 292 g/mol. The van der Waals surface area contributed by atoms with E-state index >= 15 is 0 Å². The lowest BCUT2D eigenvalue weighted by atomic mass is 9.99. The molecule has 0 N–H and O–H groups in total. The molecule has 0 bridgehead atoms. The van der Waals surface area contributed by atoms with Crippen LogP contribution in [0.5, 0.6) is 0 Å². The molecule has 0 amide bonds. The smallest absolute Gasteiger partial charge is 0.197 e. The third kappa shape index (κ3) is 1.96. The first-order valence-electron chi connectivity index (χ1n) is 5.76. The molecule has 4 heteroatoms. The molecule has 0 aliphatic carbocycles. The van der Waals surface area contributed by atoms with E-state index in [9.17, 15) is 0 Å². The van der Waals surface area contributed by atoms with Gasteiger partial charge < -0.3 is 4.74 Å². The Morgan fingerprint density at radius 3 is 3.00 bits per heavy atom. The molecule has 2 heterocycles. The van der Waals surface area contributed by atoms with Crippen LogP contribution < -0.4 is 0 Å². The number of rotatable bonds is 1. The summed E-state index contributed by atoms with van der Waals surface area (Å²) in [6.45, 7) is 3.68. The molecule has 1 aromatic carbocycles. The largest absolute Gasteiger partial charge is 0.381 e. The predicted octanol–water partition coefficient (Wildman–Crippen LogP) is 3.20. The molecule has 1 aromatic heterocycles. The summed E-state index contributed by atoms with van der Waals surface area (Å²) in [5, 5.41) is 1.16. The van der Waals surface area contributed by atoms with Crippen molar-refractivity contribution in [2.45, 2.75) is 19.3 Å². The van der Waals surface area contributed by atoms with Crippen LogP contribution >= 0.6 is 15.9 Å². The van der Waals surface area contributed by atoms with Crippen molar-refractivity contribution in [1.82, 2.24) is 9.97 Å².